The Kier molecular flexibility index (Phi) is 8.57. The number of aliphatic hydroxyl groups is 1. The average Bonchev–Trinajstić information content (AvgIpc) is 3.27. The summed E-state index contributed by atoms with van der Waals surface area (Å²) in [5, 5.41) is 17.9. The van der Waals surface area contributed by atoms with Crippen LogP contribution in [0.15, 0.2) is 41.4 Å². The van der Waals surface area contributed by atoms with Crippen LogP contribution in [-0.2, 0) is 32.7 Å². The van der Waals surface area contributed by atoms with Gasteiger partial charge in [0.1, 0.15) is 5.69 Å². The summed E-state index contributed by atoms with van der Waals surface area (Å²) in [7, 11) is -2.18. The van der Waals surface area contributed by atoms with Crippen LogP contribution in [0, 0.1) is 5.92 Å². The van der Waals surface area contributed by atoms with E-state index < -0.39 is 16.1 Å². The minimum atomic E-state index is -3.71. The molecule has 0 aliphatic carbocycles. The molecule has 0 fully saturated rings. The van der Waals surface area contributed by atoms with Crippen LogP contribution >= 0.6 is 0 Å². The number of ether oxygens (including phenoxy) is 1. The van der Waals surface area contributed by atoms with Gasteiger partial charge in [0.25, 0.3) is 0 Å². The van der Waals surface area contributed by atoms with Gasteiger partial charge in [0.15, 0.2) is 0 Å². The number of carbonyl (C=O) groups excluding carboxylic acids is 1. The van der Waals surface area contributed by atoms with Crippen LogP contribution in [0.2, 0.25) is 0 Å². The molecule has 1 aromatic heterocycles. The van der Waals surface area contributed by atoms with Gasteiger partial charge in [-0.1, -0.05) is 30.3 Å². The number of carbonyl (C=O) groups is 1. The molecule has 2 aromatic rings. The normalized spacial score (nSPS) is 21.8. The molecule has 0 saturated heterocycles. The molecule has 182 valence electrons. The number of sulfonamides is 1. The molecule has 2 bridgehead atoms. The van der Waals surface area contributed by atoms with Gasteiger partial charge in [-0.3, -0.25) is 9.48 Å². The number of amides is 1. The average molecular weight is 480 g/mol. The molecule has 3 rings (SSSR count). The van der Waals surface area contributed by atoms with Gasteiger partial charge in [-0.2, -0.15) is 4.31 Å². The van der Waals surface area contributed by atoms with E-state index in [0.29, 0.717) is 31.6 Å². The van der Waals surface area contributed by atoms with Crippen molar-refractivity contribution in [3.05, 3.63) is 42.2 Å². The molecule has 1 N–H and O–H groups in total. The van der Waals surface area contributed by atoms with E-state index in [0.717, 1.165) is 0 Å². The van der Waals surface area contributed by atoms with Crippen LogP contribution in [0.1, 0.15) is 32.4 Å². The van der Waals surface area contributed by atoms with Crippen molar-refractivity contribution < 1.29 is 23.1 Å². The smallest absolute Gasteiger partial charge is 0.242 e. The summed E-state index contributed by atoms with van der Waals surface area (Å²) < 4.78 is 35.2. The first-order valence-corrected chi connectivity index (χ1v) is 12.6. The first-order chi connectivity index (χ1) is 15.7. The molecule has 1 aliphatic heterocycles. The van der Waals surface area contributed by atoms with E-state index in [-0.39, 0.29) is 42.5 Å². The van der Waals surface area contributed by atoms with Crippen LogP contribution < -0.4 is 0 Å². The molecule has 2 heterocycles. The van der Waals surface area contributed by atoms with E-state index in [1.54, 1.807) is 53.0 Å². The van der Waals surface area contributed by atoms with Crippen molar-refractivity contribution in [1.82, 2.24) is 24.2 Å². The highest BCUT2D eigenvalue weighted by atomic mass is 32.2. The second kappa shape index (κ2) is 11.2. The molecule has 11 heteroatoms. The van der Waals surface area contributed by atoms with Crippen LogP contribution in [0.4, 0.5) is 0 Å². The molecule has 1 amide bonds. The number of aliphatic hydroxyl groups excluding tert-OH is 1. The fourth-order valence-electron chi connectivity index (χ4n) is 3.82. The summed E-state index contributed by atoms with van der Waals surface area (Å²) in [5.74, 6) is -0.265. The molecule has 1 aromatic carbocycles. The first-order valence-electron chi connectivity index (χ1n) is 11.1. The Balaban J connectivity index is 1.85. The lowest BCUT2D eigenvalue weighted by Crippen LogP contribution is -2.47. The quantitative estimate of drug-likeness (QED) is 0.660. The third-order valence-corrected chi connectivity index (χ3v) is 7.77. The summed E-state index contributed by atoms with van der Waals surface area (Å²) in [6.07, 6.45) is 2.19. The Morgan fingerprint density at radius 3 is 2.73 bits per heavy atom. The summed E-state index contributed by atoms with van der Waals surface area (Å²) in [6.45, 7) is 4.74. The standard InChI is InChI=1S/C22H33N5O5S/c1-17-12-27(18(2)15-28)22(29)10-7-11-26-13-19(23-24-26)16-32-21(17)14-25(3)33(30,31)20-8-5-4-6-9-20/h4-6,8-9,13,17-18,21,28H,7,10-12,14-16H2,1-3H3/t17-,18+,21-/m0/s1. The highest BCUT2D eigenvalue weighted by Gasteiger charge is 2.31. The maximum Gasteiger partial charge on any atom is 0.242 e. The van der Waals surface area contributed by atoms with Gasteiger partial charge >= 0.3 is 0 Å². The van der Waals surface area contributed by atoms with Gasteiger partial charge in [0, 0.05) is 39.0 Å². The minimum absolute atomic E-state index is 0.0630. The highest BCUT2D eigenvalue weighted by Crippen LogP contribution is 2.20. The zero-order valence-corrected chi connectivity index (χ0v) is 20.2. The second-order valence-corrected chi connectivity index (χ2v) is 10.6. The van der Waals surface area contributed by atoms with E-state index in [2.05, 4.69) is 10.3 Å². The predicted octanol–water partition coefficient (Wildman–Crippen LogP) is 1.12. The van der Waals surface area contributed by atoms with E-state index in [4.69, 9.17) is 4.74 Å². The molecule has 0 saturated carbocycles. The molecule has 0 spiro atoms. The lowest BCUT2D eigenvalue weighted by molar-refractivity contribution is -0.136. The Hall–Kier alpha value is -2.34. The fourth-order valence-corrected chi connectivity index (χ4v) is 5.02. The number of benzene rings is 1. The van der Waals surface area contributed by atoms with Crippen LogP contribution in [0.5, 0.6) is 0 Å². The number of likely N-dealkylation sites (N-methyl/N-ethyl adjacent to an activating group) is 1. The maximum atomic E-state index is 13.1. The van der Waals surface area contributed by atoms with Gasteiger partial charge < -0.3 is 14.7 Å². The molecule has 1 aliphatic rings. The Morgan fingerprint density at radius 1 is 1.30 bits per heavy atom. The SMILES string of the molecule is C[C@H](CO)N1C[C@H](C)[C@H](CN(C)S(=O)(=O)c2ccccc2)OCc2cn(nn2)CCCC1=O. The summed E-state index contributed by atoms with van der Waals surface area (Å²) >= 11 is 0. The number of fused-ring (bicyclic) bond motifs is 2. The molecular weight excluding hydrogens is 446 g/mol. The fraction of sp³-hybridized carbons (Fsp3) is 0.591. The van der Waals surface area contributed by atoms with Crippen molar-refractivity contribution in [2.75, 3.05) is 26.7 Å². The Bertz CT molecular complexity index is 1010. The lowest BCUT2D eigenvalue weighted by Gasteiger charge is -2.35. The molecule has 3 atom stereocenters. The predicted molar refractivity (Wildman–Crippen MR) is 122 cm³/mol. The first kappa shape index (κ1) is 25.3. The van der Waals surface area contributed by atoms with Gasteiger partial charge in [0.2, 0.25) is 15.9 Å². The zero-order valence-electron chi connectivity index (χ0n) is 19.4. The van der Waals surface area contributed by atoms with Crippen molar-refractivity contribution in [2.24, 2.45) is 5.92 Å². The lowest BCUT2D eigenvalue weighted by atomic mass is 10.0. The molecule has 10 nitrogen and oxygen atoms in total. The Labute approximate surface area is 195 Å². The highest BCUT2D eigenvalue weighted by molar-refractivity contribution is 7.89. The van der Waals surface area contributed by atoms with Crippen molar-refractivity contribution in [1.29, 1.82) is 0 Å². The topological polar surface area (TPSA) is 118 Å². The maximum absolute atomic E-state index is 13.1. The second-order valence-electron chi connectivity index (χ2n) is 8.58. The van der Waals surface area contributed by atoms with Gasteiger partial charge in [-0.05, 0) is 25.5 Å². The van der Waals surface area contributed by atoms with E-state index in [1.165, 1.54) is 11.4 Å². The van der Waals surface area contributed by atoms with Crippen molar-refractivity contribution in [2.45, 2.75) is 56.9 Å². The molecular formula is C22H33N5O5S. The van der Waals surface area contributed by atoms with E-state index >= 15 is 0 Å². The number of aromatic nitrogens is 3. The Morgan fingerprint density at radius 2 is 2.03 bits per heavy atom. The minimum Gasteiger partial charge on any atom is -0.394 e. The van der Waals surface area contributed by atoms with Crippen molar-refractivity contribution in [3.8, 4) is 0 Å². The van der Waals surface area contributed by atoms with Crippen LogP contribution in [-0.4, -0.2) is 82.5 Å². The number of nitrogens with zero attached hydrogens (tertiary/aromatic N) is 5. The number of aryl methyl sites for hydroxylation is 1. The van der Waals surface area contributed by atoms with Crippen molar-refractivity contribution >= 4 is 15.9 Å². The van der Waals surface area contributed by atoms with Gasteiger partial charge in [-0.15, -0.1) is 5.10 Å². The number of hydrogen-bond acceptors (Lipinski definition) is 7. The van der Waals surface area contributed by atoms with E-state index in [1.807, 2.05) is 6.92 Å². The molecule has 33 heavy (non-hydrogen) atoms. The monoisotopic (exact) mass is 479 g/mol. The molecule has 0 radical (unpaired) electrons. The largest absolute Gasteiger partial charge is 0.394 e. The number of rotatable bonds is 6. The third kappa shape index (κ3) is 6.38. The molecule has 0 unspecified atom stereocenters. The summed E-state index contributed by atoms with van der Waals surface area (Å²) in [5.41, 5.74) is 0.645. The third-order valence-electron chi connectivity index (χ3n) is 5.93. The summed E-state index contributed by atoms with van der Waals surface area (Å²) in [6, 6.07) is 7.89. The van der Waals surface area contributed by atoms with Crippen molar-refractivity contribution in [3.63, 3.8) is 0 Å². The number of hydrogen-bond donors (Lipinski definition) is 1. The van der Waals surface area contributed by atoms with E-state index in [9.17, 15) is 18.3 Å². The van der Waals surface area contributed by atoms with Gasteiger partial charge in [0.05, 0.1) is 36.5 Å². The van der Waals surface area contributed by atoms with Crippen LogP contribution in [0.25, 0.3) is 0 Å². The van der Waals surface area contributed by atoms with Gasteiger partial charge in [-0.25, -0.2) is 8.42 Å². The van der Waals surface area contributed by atoms with Crippen LogP contribution in [0.3, 0.4) is 0 Å². The summed E-state index contributed by atoms with van der Waals surface area (Å²) in [4.78, 5) is 14.8. The zero-order chi connectivity index (χ0) is 24.0.